The summed E-state index contributed by atoms with van der Waals surface area (Å²) in [4.78, 5) is 21.8. The lowest BCUT2D eigenvalue weighted by molar-refractivity contribution is -0.154. The number of hydrogen-bond donors (Lipinski definition) is 1. The van der Waals surface area contributed by atoms with Gasteiger partial charge in [-0.2, -0.15) is 4.98 Å². The van der Waals surface area contributed by atoms with E-state index in [-0.39, 0.29) is 24.4 Å². The minimum atomic E-state index is -3.03. The van der Waals surface area contributed by atoms with E-state index in [1.807, 2.05) is 6.92 Å². The number of allylic oxidation sites excluding steroid dienone is 1. The third-order valence-corrected chi connectivity index (χ3v) is 9.90. The van der Waals surface area contributed by atoms with Crippen LogP contribution in [0.15, 0.2) is 16.3 Å². The fraction of sp³-hybridized carbons (Fsp3) is 0.828. The Morgan fingerprint density at radius 1 is 1.20 bits per heavy atom. The van der Waals surface area contributed by atoms with E-state index in [4.69, 9.17) is 9.26 Å². The van der Waals surface area contributed by atoms with Crippen molar-refractivity contribution in [2.75, 3.05) is 19.6 Å². The average molecular weight is 566 g/mol. The van der Waals surface area contributed by atoms with Crippen LogP contribution < -0.4 is 5.32 Å². The monoisotopic (exact) mass is 565 g/mol. The molecule has 2 amide bonds. The number of carbonyl (C=O) groups excluding carboxylic acids is 1. The Morgan fingerprint density at radius 2 is 1.95 bits per heavy atom. The first-order valence-corrected chi connectivity index (χ1v) is 15.1. The Labute approximate surface area is 234 Å². The van der Waals surface area contributed by atoms with E-state index in [0.717, 1.165) is 25.8 Å². The SMILES string of the molecule is CC(C)N1CC2CCC=C1C[C@H]2O[C@H]1CCCC(F)(F)[C@@H]1NC(=O)N1CCC(C)(c2noc([C@@H]3C[C@@H]3F)n2)CC1. The molecule has 3 aliphatic carbocycles. The topological polar surface area (TPSA) is 83.7 Å². The highest BCUT2D eigenvalue weighted by atomic mass is 19.3. The normalized spacial score (nSPS) is 34.9. The molecule has 7 rings (SSSR count). The van der Waals surface area contributed by atoms with Gasteiger partial charge in [-0.3, -0.25) is 0 Å². The van der Waals surface area contributed by atoms with E-state index >= 15 is 8.78 Å². The van der Waals surface area contributed by atoms with E-state index in [0.29, 0.717) is 63.0 Å². The molecule has 1 N–H and O–H groups in total. The van der Waals surface area contributed by atoms with Crippen molar-refractivity contribution in [3.63, 3.8) is 0 Å². The van der Waals surface area contributed by atoms with Crippen LogP contribution in [-0.4, -0.2) is 82.0 Å². The Balaban J connectivity index is 1.08. The standard InChI is InChI=1S/C29H42F3N5O3/c1-17(2)37-16-18-6-4-7-19(37)14-23(18)39-22-8-5-9-29(31,32)24(22)33-27(38)36-12-10-28(3,11-13-36)26-34-25(40-35-26)20-15-21(20)30/h7,17-18,20-24H,4-6,8-16H2,1-3H3,(H,33,38)/t18?,20-,21+,22+,23-,24-/m1/s1. The van der Waals surface area contributed by atoms with E-state index in [2.05, 4.69) is 40.3 Å². The first kappa shape index (κ1) is 27.8. The summed E-state index contributed by atoms with van der Waals surface area (Å²) in [5, 5.41) is 6.80. The maximum absolute atomic E-state index is 15.3. The zero-order chi connectivity index (χ0) is 28.2. The van der Waals surface area contributed by atoms with Crippen LogP contribution in [0.1, 0.15) is 96.2 Å². The molecule has 0 aromatic carbocycles. The van der Waals surface area contributed by atoms with E-state index in [9.17, 15) is 9.18 Å². The number of aromatic nitrogens is 2. The van der Waals surface area contributed by atoms with Crippen molar-refractivity contribution in [1.29, 1.82) is 0 Å². The van der Waals surface area contributed by atoms with Crippen LogP contribution in [-0.2, 0) is 10.2 Å². The minimum Gasteiger partial charge on any atom is -0.372 e. The lowest BCUT2D eigenvalue weighted by Gasteiger charge is -2.46. The number of hydrogen-bond acceptors (Lipinski definition) is 6. The number of nitrogens with zero attached hydrogens (tertiary/aromatic N) is 4. The van der Waals surface area contributed by atoms with Crippen molar-refractivity contribution < 1.29 is 27.2 Å². The molecule has 4 heterocycles. The first-order chi connectivity index (χ1) is 19.0. The van der Waals surface area contributed by atoms with Gasteiger partial charge in [-0.25, -0.2) is 18.0 Å². The molecular weight excluding hydrogens is 523 g/mol. The maximum atomic E-state index is 15.3. The van der Waals surface area contributed by atoms with Gasteiger partial charge in [-0.1, -0.05) is 18.2 Å². The third kappa shape index (κ3) is 5.34. The van der Waals surface area contributed by atoms with Crippen LogP contribution in [0.25, 0.3) is 0 Å². The van der Waals surface area contributed by atoms with Gasteiger partial charge in [0.15, 0.2) is 5.82 Å². The zero-order valence-corrected chi connectivity index (χ0v) is 23.8. The van der Waals surface area contributed by atoms with Crippen molar-refractivity contribution in [3.8, 4) is 0 Å². The number of amides is 2. The number of rotatable bonds is 6. The van der Waals surface area contributed by atoms with E-state index < -0.39 is 35.7 Å². The van der Waals surface area contributed by atoms with Crippen molar-refractivity contribution in [1.82, 2.24) is 25.3 Å². The molecule has 6 atom stereocenters. The molecule has 8 nitrogen and oxygen atoms in total. The summed E-state index contributed by atoms with van der Waals surface area (Å²) >= 11 is 0. The second kappa shape index (κ2) is 10.5. The summed E-state index contributed by atoms with van der Waals surface area (Å²) in [6.45, 7) is 8.03. The van der Waals surface area contributed by atoms with Gasteiger partial charge in [0.05, 0.1) is 18.1 Å². The van der Waals surface area contributed by atoms with Crippen molar-refractivity contribution in [2.45, 2.75) is 126 Å². The van der Waals surface area contributed by atoms with E-state index in [1.54, 1.807) is 4.90 Å². The second-order valence-electron chi connectivity index (χ2n) is 13.1. The molecule has 11 heteroatoms. The fourth-order valence-electron chi connectivity index (χ4n) is 7.03. The highest BCUT2D eigenvalue weighted by molar-refractivity contribution is 5.75. The molecule has 2 bridgehead atoms. The number of urea groups is 1. The van der Waals surface area contributed by atoms with Crippen LogP contribution >= 0.6 is 0 Å². The molecule has 2 saturated heterocycles. The molecule has 1 unspecified atom stereocenters. The van der Waals surface area contributed by atoms with Crippen LogP contribution in [0.3, 0.4) is 0 Å². The van der Waals surface area contributed by atoms with Gasteiger partial charge in [0.1, 0.15) is 12.2 Å². The first-order valence-electron chi connectivity index (χ1n) is 15.1. The summed E-state index contributed by atoms with van der Waals surface area (Å²) in [6.07, 6.45) is 5.42. The van der Waals surface area contributed by atoms with Gasteiger partial charge in [0.25, 0.3) is 5.92 Å². The summed E-state index contributed by atoms with van der Waals surface area (Å²) in [6, 6.07) is -1.44. The smallest absolute Gasteiger partial charge is 0.317 e. The van der Waals surface area contributed by atoms with Crippen molar-refractivity contribution >= 4 is 6.03 Å². The number of carbonyl (C=O) groups is 1. The Hall–Kier alpha value is -2.30. The lowest BCUT2D eigenvalue weighted by Crippen LogP contribution is -2.61. The number of halogens is 3. The largest absolute Gasteiger partial charge is 0.372 e. The van der Waals surface area contributed by atoms with Crippen LogP contribution in [0, 0.1) is 5.92 Å². The molecule has 1 aromatic rings. The molecule has 2 saturated carbocycles. The quantitative estimate of drug-likeness (QED) is 0.504. The van der Waals surface area contributed by atoms with Crippen LogP contribution in [0.2, 0.25) is 0 Å². The highest BCUT2D eigenvalue weighted by Crippen LogP contribution is 2.44. The number of ether oxygens (including phenoxy) is 1. The molecule has 40 heavy (non-hydrogen) atoms. The molecule has 0 radical (unpaired) electrons. The van der Waals surface area contributed by atoms with Gasteiger partial charge in [-0.15, -0.1) is 0 Å². The molecule has 222 valence electrons. The van der Waals surface area contributed by atoms with Crippen molar-refractivity contribution in [2.24, 2.45) is 5.92 Å². The predicted molar refractivity (Wildman–Crippen MR) is 142 cm³/mol. The van der Waals surface area contributed by atoms with Gasteiger partial charge in [0.2, 0.25) is 5.89 Å². The fourth-order valence-corrected chi connectivity index (χ4v) is 7.03. The average Bonchev–Trinajstić information content (AvgIpc) is 3.55. The van der Waals surface area contributed by atoms with Gasteiger partial charge in [-0.05, 0) is 58.8 Å². The molecular formula is C29H42F3N5O3. The summed E-state index contributed by atoms with van der Waals surface area (Å²) in [7, 11) is 0. The zero-order valence-electron chi connectivity index (χ0n) is 23.8. The Morgan fingerprint density at radius 3 is 2.65 bits per heavy atom. The molecule has 1 aromatic heterocycles. The number of likely N-dealkylation sites (tertiary alicyclic amines) is 1. The number of piperidine rings is 2. The van der Waals surface area contributed by atoms with Gasteiger partial charge >= 0.3 is 6.03 Å². The molecule has 3 aliphatic heterocycles. The van der Waals surface area contributed by atoms with E-state index in [1.165, 1.54) is 5.70 Å². The summed E-state index contributed by atoms with van der Waals surface area (Å²) < 4.78 is 55.8. The van der Waals surface area contributed by atoms with Crippen molar-refractivity contribution in [3.05, 3.63) is 23.5 Å². The summed E-state index contributed by atoms with van der Waals surface area (Å²) in [5.41, 5.74) is 0.834. The second-order valence-corrected chi connectivity index (χ2v) is 13.1. The Bertz CT molecular complexity index is 1120. The van der Waals surface area contributed by atoms with Crippen LogP contribution in [0.4, 0.5) is 18.0 Å². The molecule has 0 spiro atoms. The highest BCUT2D eigenvalue weighted by Gasteiger charge is 2.51. The molecule has 4 fully saturated rings. The van der Waals surface area contributed by atoms with Gasteiger partial charge < -0.3 is 24.4 Å². The third-order valence-electron chi connectivity index (χ3n) is 9.90. The predicted octanol–water partition coefficient (Wildman–Crippen LogP) is 5.31. The maximum Gasteiger partial charge on any atom is 0.317 e. The Kier molecular flexibility index (Phi) is 7.32. The number of fused-ring (bicyclic) bond motifs is 4. The molecule has 6 aliphatic rings. The summed E-state index contributed by atoms with van der Waals surface area (Å²) in [5.74, 6) is -2.18. The number of alkyl halides is 3. The van der Waals surface area contributed by atoms with Gasteiger partial charge in [0, 0.05) is 55.5 Å². The van der Waals surface area contributed by atoms with Crippen LogP contribution in [0.5, 0.6) is 0 Å². The lowest BCUT2D eigenvalue weighted by atomic mass is 9.79. The number of nitrogens with one attached hydrogen (secondary N) is 1. The minimum absolute atomic E-state index is 0.110.